The second kappa shape index (κ2) is 6.55. The maximum atomic E-state index is 11.7. The molecule has 2 fully saturated rings. The summed E-state index contributed by atoms with van der Waals surface area (Å²) < 4.78 is 5.52. The maximum Gasteiger partial charge on any atom is 0.308 e. The minimum atomic E-state index is -0.00886. The van der Waals surface area contributed by atoms with Crippen molar-refractivity contribution in [3.8, 4) is 0 Å². The molecule has 3 heteroatoms. The predicted octanol–water partition coefficient (Wildman–Crippen LogP) is 2.84. The van der Waals surface area contributed by atoms with Crippen molar-refractivity contribution in [2.24, 2.45) is 11.8 Å². The van der Waals surface area contributed by atoms with Crippen LogP contribution >= 0.6 is 0 Å². The second-order valence-corrected chi connectivity index (χ2v) is 5.94. The molecule has 0 radical (unpaired) electrons. The number of rotatable bonds is 4. The summed E-state index contributed by atoms with van der Waals surface area (Å²) in [6.07, 6.45) is 7.36. The van der Waals surface area contributed by atoms with E-state index in [0.29, 0.717) is 18.6 Å². The Labute approximate surface area is 111 Å². The highest BCUT2D eigenvalue weighted by Gasteiger charge is 2.33. The number of nitrogens with zero attached hydrogens (tertiary/aromatic N) is 1. The van der Waals surface area contributed by atoms with Crippen LogP contribution in [-0.2, 0) is 9.53 Å². The Bertz CT molecular complexity index is 278. The van der Waals surface area contributed by atoms with Crippen LogP contribution in [0.4, 0.5) is 0 Å². The van der Waals surface area contributed by atoms with Crippen molar-refractivity contribution in [3.05, 3.63) is 0 Å². The Morgan fingerprint density at radius 2 is 2.06 bits per heavy atom. The largest absolute Gasteiger partial charge is 0.465 e. The van der Waals surface area contributed by atoms with Gasteiger partial charge in [-0.25, -0.2) is 0 Å². The van der Waals surface area contributed by atoms with Crippen molar-refractivity contribution in [2.75, 3.05) is 19.7 Å². The summed E-state index contributed by atoms with van der Waals surface area (Å²) >= 11 is 0. The Balaban J connectivity index is 1.82. The highest BCUT2D eigenvalue weighted by molar-refractivity contribution is 5.71. The Kier molecular flexibility index (Phi) is 5.04. The lowest BCUT2D eigenvalue weighted by atomic mass is 9.84. The summed E-state index contributed by atoms with van der Waals surface area (Å²) in [5.41, 5.74) is 0. The van der Waals surface area contributed by atoms with Gasteiger partial charge < -0.3 is 4.74 Å². The molecular formula is C15H27NO2. The number of piperidine rings is 2. The van der Waals surface area contributed by atoms with E-state index in [9.17, 15) is 4.79 Å². The highest BCUT2D eigenvalue weighted by Crippen LogP contribution is 2.31. The predicted molar refractivity (Wildman–Crippen MR) is 72.4 cm³/mol. The van der Waals surface area contributed by atoms with E-state index in [1.807, 2.05) is 13.8 Å². The fourth-order valence-electron chi connectivity index (χ4n) is 3.27. The number of hydrogen-bond donors (Lipinski definition) is 0. The van der Waals surface area contributed by atoms with Crippen LogP contribution in [0, 0.1) is 11.8 Å². The second-order valence-electron chi connectivity index (χ2n) is 5.94. The van der Waals surface area contributed by atoms with Gasteiger partial charge in [0.15, 0.2) is 0 Å². The molecule has 3 nitrogen and oxygen atoms in total. The molecule has 104 valence electrons. The minimum Gasteiger partial charge on any atom is -0.465 e. The molecule has 3 atom stereocenters. The Morgan fingerprint density at radius 1 is 1.28 bits per heavy atom. The smallest absolute Gasteiger partial charge is 0.308 e. The molecule has 0 unspecified atom stereocenters. The van der Waals surface area contributed by atoms with E-state index in [2.05, 4.69) is 4.90 Å². The van der Waals surface area contributed by atoms with Crippen LogP contribution < -0.4 is 0 Å². The Hall–Kier alpha value is -0.570. The molecule has 2 heterocycles. The lowest BCUT2D eigenvalue weighted by Crippen LogP contribution is -2.49. The number of hydrogen-bond acceptors (Lipinski definition) is 3. The quantitative estimate of drug-likeness (QED) is 0.722. The van der Waals surface area contributed by atoms with Crippen LogP contribution in [0.15, 0.2) is 0 Å². The first-order chi connectivity index (χ1) is 8.72. The van der Waals surface area contributed by atoms with Gasteiger partial charge in [0.2, 0.25) is 0 Å². The normalized spacial score (nSPS) is 30.6. The van der Waals surface area contributed by atoms with Crippen molar-refractivity contribution >= 4 is 5.97 Å². The summed E-state index contributed by atoms with van der Waals surface area (Å²) in [5, 5.41) is 0. The van der Waals surface area contributed by atoms with Crippen molar-refractivity contribution in [2.45, 2.75) is 58.4 Å². The topological polar surface area (TPSA) is 29.5 Å². The number of carbonyl (C=O) groups is 1. The molecular weight excluding hydrogens is 226 g/mol. The molecule has 2 rings (SSSR count). The molecule has 0 aromatic rings. The lowest BCUT2D eigenvalue weighted by molar-refractivity contribution is -0.151. The molecule has 0 aliphatic carbocycles. The van der Waals surface area contributed by atoms with Crippen LogP contribution in [0.3, 0.4) is 0 Å². The van der Waals surface area contributed by atoms with E-state index in [4.69, 9.17) is 4.74 Å². The molecule has 0 aromatic carbocycles. The maximum absolute atomic E-state index is 11.7. The summed E-state index contributed by atoms with van der Waals surface area (Å²) in [6.45, 7) is 7.14. The van der Waals surface area contributed by atoms with Gasteiger partial charge in [-0.2, -0.15) is 0 Å². The monoisotopic (exact) mass is 253 g/mol. The summed E-state index contributed by atoms with van der Waals surface area (Å²) in [5.74, 6) is 0.619. The molecule has 2 aliphatic rings. The lowest BCUT2D eigenvalue weighted by Gasteiger charge is -2.44. The number of fused-ring (bicyclic) bond motifs is 1. The molecule has 0 saturated carbocycles. The molecule has 0 amide bonds. The fourth-order valence-corrected chi connectivity index (χ4v) is 3.27. The molecule has 2 saturated heterocycles. The first kappa shape index (κ1) is 13.9. The van der Waals surface area contributed by atoms with Gasteiger partial charge in [0, 0.05) is 12.0 Å². The van der Waals surface area contributed by atoms with Crippen LogP contribution in [0.5, 0.6) is 0 Å². The first-order valence-electron chi connectivity index (χ1n) is 7.63. The van der Waals surface area contributed by atoms with E-state index < -0.39 is 0 Å². The minimum absolute atomic E-state index is 0.00886. The van der Waals surface area contributed by atoms with Crippen molar-refractivity contribution in [1.29, 1.82) is 0 Å². The van der Waals surface area contributed by atoms with E-state index in [1.54, 1.807) is 0 Å². The molecule has 2 aliphatic heterocycles. The van der Waals surface area contributed by atoms with Crippen LogP contribution in [0.1, 0.15) is 52.4 Å². The van der Waals surface area contributed by atoms with Gasteiger partial charge >= 0.3 is 5.97 Å². The van der Waals surface area contributed by atoms with E-state index in [0.717, 1.165) is 6.42 Å². The average Bonchev–Trinajstić information content (AvgIpc) is 2.43. The number of ether oxygens (including phenoxy) is 1. The van der Waals surface area contributed by atoms with Gasteiger partial charge in [0.25, 0.3) is 0 Å². The third-order valence-electron chi connectivity index (χ3n) is 4.68. The van der Waals surface area contributed by atoms with Crippen molar-refractivity contribution in [3.63, 3.8) is 0 Å². The zero-order valence-electron chi connectivity index (χ0n) is 11.9. The van der Waals surface area contributed by atoms with Gasteiger partial charge in [0.05, 0.1) is 12.5 Å². The number of carbonyl (C=O) groups excluding carboxylic acids is 1. The molecule has 0 bridgehead atoms. The first-order valence-corrected chi connectivity index (χ1v) is 7.63. The standard InChI is InChI=1S/C15H27NO2/c1-3-12(2)15(17)18-11-13-7-6-10-16-9-5-4-8-14(13)16/h12-14H,3-11H2,1-2H3/t12-,13+,14-/m1/s1. The van der Waals surface area contributed by atoms with Gasteiger partial charge in [-0.05, 0) is 45.2 Å². The highest BCUT2D eigenvalue weighted by atomic mass is 16.5. The van der Waals surface area contributed by atoms with E-state index >= 15 is 0 Å². The Morgan fingerprint density at radius 3 is 2.83 bits per heavy atom. The van der Waals surface area contributed by atoms with E-state index in [-0.39, 0.29) is 11.9 Å². The summed E-state index contributed by atoms with van der Waals surface area (Å²) in [7, 11) is 0. The van der Waals surface area contributed by atoms with Crippen LogP contribution in [0.2, 0.25) is 0 Å². The van der Waals surface area contributed by atoms with E-state index in [1.165, 1.54) is 45.2 Å². The van der Waals surface area contributed by atoms with Gasteiger partial charge in [-0.1, -0.05) is 20.3 Å². The zero-order valence-corrected chi connectivity index (χ0v) is 11.9. The molecule has 18 heavy (non-hydrogen) atoms. The average molecular weight is 253 g/mol. The SMILES string of the molecule is CC[C@@H](C)C(=O)OC[C@@H]1CCCN2CCCC[C@H]12. The van der Waals surface area contributed by atoms with Gasteiger partial charge in [-0.3, -0.25) is 9.69 Å². The van der Waals surface area contributed by atoms with Crippen LogP contribution in [-0.4, -0.2) is 36.6 Å². The number of esters is 1. The van der Waals surface area contributed by atoms with Gasteiger partial charge in [-0.15, -0.1) is 0 Å². The summed E-state index contributed by atoms with van der Waals surface area (Å²) in [6, 6.07) is 0.678. The van der Waals surface area contributed by atoms with Gasteiger partial charge in [0.1, 0.15) is 0 Å². The fraction of sp³-hybridized carbons (Fsp3) is 0.933. The third-order valence-corrected chi connectivity index (χ3v) is 4.68. The zero-order chi connectivity index (χ0) is 13.0. The van der Waals surface area contributed by atoms with Crippen molar-refractivity contribution in [1.82, 2.24) is 4.90 Å². The molecule has 0 N–H and O–H groups in total. The summed E-state index contributed by atoms with van der Waals surface area (Å²) in [4.78, 5) is 14.4. The molecule has 0 aromatic heterocycles. The van der Waals surface area contributed by atoms with Crippen molar-refractivity contribution < 1.29 is 9.53 Å². The molecule has 0 spiro atoms. The third kappa shape index (κ3) is 3.25. The van der Waals surface area contributed by atoms with Crippen LogP contribution in [0.25, 0.3) is 0 Å².